The third-order valence-corrected chi connectivity index (χ3v) is 18.1. The number of carbonyl (C=O) groups is 10. The number of halogens is 1. The molecule has 9 N–H and O–H groups in total. The van der Waals surface area contributed by atoms with Gasteiger partial charge in [0.2, 0.25) is 35.4 Å². The molecule has 2 saturated heterocycles. The topological polar surface area (TPSA) is 358 Å². The summed E-state index contributed by atoms with van der Waals surface area (Å²) >= 11 is 6.84. The van der Waals surface area contributed by atoms with E-state index in [9.17, 15) is 53.1 Å². The number of ether oxygens (including phenoxy) is 6. The molecule has 95 heavy (non-hydrogen) atoms. The van der Waals surface area contributed by atoms with Gasteiger partial charge in [0.25, 0.3) is 0 Å². The maximum Gasteiger partial charge on any atom is 0.409 e. The van der Waals surface area contributed by atoms with Crippen LogP contribution in [-0.4, -0.2) is 183 Å². The molecule has 0 aromatic heterocycles. The van der Waals surface area contributed by atoms with Crippen LogP contribution in [0.25, 0.3) is 0 Å². The molecule has 10 amide bonds. The molecule has 3 heterocycles. The Morgan fingerprint density at radius 2 is 1.60 bits per heavy atom. The molecule has 5 rings (SSSR count). The molecule has 3 aliphatic heterocycles. The lowest BCUT2D eigenvalue weighted by Gasteiger charge is -2.42. The van der Waals surface area contributed by atoms with Crippen LogP contribution in [0, 0.1) is 17.8 Å². The van der Waals surface area contributed by atoms with E-state index in [1.807, 2.05) is 26.8 Å². The molecule has 0 saturated carbocycles. The number of methoxy groups -OCH3 is 2. The number of epoxide rings is 1. The van der Waals surface area contributed by atoms with Crippen LogP contribution in [0.1, 0.15) is 137 Å². The molecule has 0 radical (unpaired) electrons. The first-order valence-electron chi connectivity index (χ1n) is 32.4. The number of rotatable bonds is 29. The Kier molecular flexibility index (Phi) is 29.6. The summed E-state index contributed by atoms with van der Waals surface area (Å²) in [6.45, 7) is 14.6. The summed E-state index contributed by atoms with van der Waals surface area (Å²) in [6, 6.07) is 5.87. The van der Waals surface area contributed by atoms with Gasteiger partial charge in [0.1, 0.15) is 59.4 Å². The minimum absolute atomic E-state index is 0.0213. The fourth-order valence-electron chi connectivity index (χ4n) is 11.3. The van der Waals surface area contributed by atoms with Crippen LogP contribution in [0.4, 0.5) is 25.8 Å². The van der Waals surface area contributed by atoms with Crippen LogP contribution in [0.2, 0.25) is 5.02 Å². The zero-order valence-corrected chi connectivity index (χ0v) is 57.8. The van der Waals surface area contributed by atoms with E-state index >= 15 is 0 Å². The number of esters is 1. The van der Waals surface area contributed by atoms with Crippen LogP contribution in [0.15, 0.2) is 60.2 Å². The molecule has 10 atom stereocenters. The SMILES string of the molecule is CCC(CC)C(=O)NCCCCCC(=O)N[C@H](C(=O)N[C@@H](CCCNC(N)=O)C(=O)Nc1ccc(COC(=O)N(C)CCC(=O)N(C)[C@@H](C)C(=O)O[C@H]2CC(=O)N(C)c3cc(cc(OC)c3Cl)C/C(C)=C/C=C/[C@@H](OC)[C@@]3(O)C[C@H](OC(=O)N3)[C@@H](C)[C@@H]3O[C@@]23C)cc1)C(C)C. The average Bonchev–Trinajstić information content (AvgIpc) is 1.58. The summed E-state index contributed by atoms with van der Waals surface area (Å²) < 4.78 is 35.0. The number of anilines is 2. The lowest BCUT2D eigenvalue weighted by atomic mass is 9.83. The molecular formula is C67H99ClN10O17. The fourth-order valence-corrected chi connectivity index (χ4v) is 11.7. The third kappa shape index (κ3) is 22.3. The molecule has 3 aliphatic rings. The first-order valence-corrected chi connectivity index (χ1v) is 32.8. The van der Waals surface area contributed by atoms with Crippen molar-refractivity contribution in [3.63, 3.8) is 0 Å². The van der Waals surface area contributed by atoms with Gasteiger partial charge in [0.15, 0.2) is 5.72 Å². The van der Waals surface area contributed by atoms with E-state index in [-0.39, 0.29) is 80.5 Å². The van der Waals surface area contributed by atoms with Crippen molar-refractivity contribution in [2.24, 2.45) is 23.5 Å². The van der Waals surface area contributed by atoms with Crippen molar-refractivity contribution in [1.82, 2.24) is 36.4 Å². The maximum absolute atomic E-state index is 14.5. The Bertz CT molecular complexity index is 3090. The first-order chi connectivity index (χ1) is 44.9. The van der Waals surface area contributed by atoms with Gasteiger partial charge in [0.05, 0.1) is 25.3 Å². The van der Waals surface area contributed by atoms with E-state index in [0.717, 1.165) is 28.9 Å². The standard InChI is InChI=1S/C67H99ClN10O17/c1-14-45(15-2)59(82)70-30-18-16-17-24-53(79)74-57(39(3)4)61(84)73-47(22-20-31-71-63(69)86)60(83)72-46-27-25-43(26-28-46)38-92-65(88)76(9)32-29-54(80)77(10)42(7)62(85)94-52-36-55(81)78(11)48-34-44(35-49(90-12)56(48)68)33-40(5)21-19-23-51(91-13)67(89)37-50(93-64(87)75-67)41(6)58-66(52,8)95-58/h19,21,23,25-28,34-35,39,41-42,45,47,50-52,57-58,89H,14-18,20,22,24,29-33,36-38H2,1-13H3,(H,70,82)(H,72,83)(H,73,84)(H,74,79)(H,75,87)(H3,69,71,86)/b23-19+,40-21+/t41-,42+,47+,50+,51-,52+,57+,58+,66+,67+/m1/s1. The number of alkyl carbamates (subject to hydrolysis) is 1. The Morgan fingerprint density at radius 3 is 2.24 bits per heavy atom. The van der Waals surface area contributed by atoms with Crippen molar-refractivity contribution in [2.75, 3.05) is 65.2 Å². The van der Waals surface area contributed by atoms with Crippen LogP contribution < -0.4 is 47.3 Å². The molecule has 27 nitrogen and oxygen atoms in total. The highest BCUT2D eigenvalue weighted by atomic mass is 35.5. The van der Waals surface area contributed by atoms with E-state index in [0.29, 0.717) is 54.9 Å². The smallest absolute Gasteiger partial charge is 0.409 e. The van der Waals surface area contributed by atoms with Crippen LogP contribution in [0.5, 0.6) is 5.75 Å². The summed E-state index contributed by atoms with van der Waals surface area (Å²) in [5, 5.41) is 28.3. The van der Waals surface area contributed by atoms with Gasteiger partial charge >= 0.3 is 24.2 Å². The zero-order chi connectivity index (χ0) is 70.5. The number of nitrogens with zero attached hydrogens (tertiary/aromatic N) is 3. The van der Waals surface area contributed by atoms with Crippen LogP contribution in [0.3, 0.4) is 0 Å². The van der Waals surface area contributed by atoms with Crippen molar-refractivity contribution in [2.45, 2.75) is 193 Å². The normalized spacial score (nSPS) is 22.9. The molecular weight excluding hydrogens is 1250 g/mol. The predicted molar refractivity (Wildman–Crippen MR) is 355 cm³/mol. The number of allylic oxidation sites excluding steroid dienone is 3. The summed E-state index contributed by atoms with van der Waals surface area (Å²) in [5.74, 6) is -4.07. The molecule has 0 spiro atoms. The number of nitrogens with one attached hydrogen (secondary N) is 6. The highest BCUT2D eigenvalue weighted by Gasteiger charge is 2.64. The Labute approximate surface area is 561 Å². The van der Waals surface area contributed by atoms with E-state index < -0.39 is 114 Å². The van der Waals surface area contributed by atoms with Gasteiger partial charge in [-0.25, -0.2) is 19.2 Å². The van der Waals surface area contributed by atoms with Gasteiger partial charge in [-0.2, -0.15) is 0 Å². The van der Waals surface area contributed by atoms with Gasteiger partial charge < -0.3 is 80.5 Å². The van der Waals surface area contributed by atoms with E-state index in [2.05, 4.69) is 31.9 Å². The molecule has 28 heteroatoms. The molecule has 0 aliphatic carbocycles. The Hall–Kier alpha value is -8.01. The summed E-state index contributed by atoms with van der Waals surface area (Å²) in [5.41, 5.74) is 4.81. The second-order valence-electron chi connectivity index (χ2n) is 25.2. The monoisotopic (exact) mass is 1350 g/mol. The number of hydrogen-bond donors (Lipinski definition) is 8. The summed E-state index contributed by atoms with van der Waals surface area (Å²) in [7, 11) is 7.22. The number of urea groups is 1. The summed E-state index contributed by atoms with van der Waals surface area (Å²) in [6.07, 6.45) is 3.10. The van der Waals surface area contributed by atoms with Gasteiger partial charge in [-0.15, -0.1) is 0 Å². The number of unbranched alkanes of at least 4 members (excludes halogenated alkanes) is 2. The predicted octanol–water partition coefficient (Wildman–Crippen LogP) is 6.30. The second-order valence-corrected chi connectivity index (χ2v) is 25.6. The number of aliphatic hydroxyl groups is 1. The highest BCUT2D eigenvalue weighted by Crippen LogP contribution is 2.49. The van der Waals surface area contributed by atoms with Gasteiger partial charge in [-0.3, -0.25) is 34.1 Å². The van der Waals surface area contributed by atoms with Gasteiger partial charge in [-0.05, 0) is 107 Å². The van der Waals surface area contributed by atoms with Crippen LogP contribution in [-0.2, 0) is 70.3 Å². The van der Waals surface area contributed by atoms with Crippen molar-refractivity contribution in [1.29, 1.82) is 0 Å². The number of amides is 10. The minimum Gasteiger partial charge on any atom is -0.495 e. The molecule has 2 fully saturated rings. The van der Waals surface area contributed by atoms with Crippen molar-refractivity contribution < 1.29 is 81.5 Å². The second kappa shape index (κ2) is 36.2. The highest BCUT2D eigenvalue weighted by molar-refractivity contribution is 6.35. The van der Waals surface area contributed by atoms with Gasteiger partial charge in [-0.1, -0.05) is 88.6 Å². The largest absolute Gasteiger partial charge is 0.495 e. The maximum atomic E-state index is 14.5. The molecule has 0 unspecified atom stereocenters. The minimum atomic E-state index is -1.91. The lowest BCUT2D eigenvalue weighted by Crippen LogP contribution is -2.63. The lowest BCUT2D eigenvalue weighted by molar-refractivity contribution is -0.162. The van der Waals surface area contributed by atoms with E-state index in [4.69, 9.17) is 45.8 Å². The number of benzene rings is 2. The Balaban J connectivity index is 1.18. The van der Waals surface area contributed by atoms with Crippen LogP contribution >= 0.6 is 11.6 Å². The van der Waals surface area contributed by atoms with Gasteiger partial charge in [0, 0.05) is 84.7 Å². The molecule has 2 aromatic rings. The molecule has 2 aromatic carbocycles. The summed E-state index contributed by atoms with van der Waals surface area (Å²) in [4.78, 5) is 137. The number of fused-ring (bicyclic) bond motifs is 5. The number of carbonyl (C=O) groups excluding carboxylic acids is 10. The van der Waals surface area contributed by atoms with E-state index in [1.165, 1.54) is 52.1 Å². The number of primary amides is 1. The molecule has 4 bridgehead atoms. The van der Waals surface area contributed by atoms with E-state index in [1.54, 1.807) is 76.2 Å². The van der Waals surface area contributed by atoms with Crippen molar-refractivity contribution >= 4 is 82.6 Å². The van der Waals surface area contributed by atoms with Crippen molar-refractivity contribution in [3.8, 4) is 5.75 Å². The van der Waals surface area contributed by atoms with Crippen molar-refractivity contribution in [3.05, 3.63) is 76.3 Å². The Morgan fingerprint density at radius 1 is 0.916 bits per heavy atom. The quantitative estimate of drug-likeness (QED) is 0.0192. The number of nitrogens with two attached hydrogens (primary N) is 1. The zero-order valence-electron chi connectivity index (χ0n) is 57.1. The number of likely N-dealkylation sites (N-methyl/N-ethyl adjacent to an activating group) is 1. The molecule has 526 valence electrons. The fraction of sp³-hybridized carbons (Fsp3) is 0.612. The average molecular weight is 1350 g/mol. The number of hydrogen-bond acceptors (Lipinski definition) is 17. The first kappa shape index (κ1) is 77.7. The third-order valence-electron chi connectivity index (χ3n) is 17.7.